The summed E-state index contributed by atoms with van der Waals surface area (Å²) in [7, 11) is 1.63. The highest BCUT2D eigenvalue weighted by atomic mass is 16.5. The Morgan fingerprint density at radius 1 is 0.963 bits per heavy atom. The summed E-state index contributed by atoms with van der Waals surface area (Å²) in [5.41, 5.74) is 4.17. The number of hydrogen-bond acceptors (Lipinski definition) is 3. The van der Waals surface area contributed by atoms with Crippen molar-refractivity contribution in [2.24, 2.45) is 0 Å². The molecule has 4 rings (SSSR count). The molecule has 3 aromatic rings. The van der Waals surface area contributed by atoms with Crippen LogP contribution in [0.4, 0.5) is 11.4 Å². The molecule has 0 bridgehead atoms. The van der Waals surface area contributed by atoms with Gasteiger partial charge in [0, 0.05) is 17.9 Å². The largest absolute Gasteiger partial charge is 0.497 e. The number of amides is 1. The van der Waals surface area contributed by atoms with Crippen LogP contribution in [-0.4, -0.2) is 19.6 Å². The van der Waals surface area contributed by atoms with E-state index in [1.54, 1.807) is 7.11 Å². The van der Waals surface area contributed by atoms with Crippen LogP contribution >= 0.6 is 0 Å². The van der Waals surface area contributed by atoms with Crippen molar-refractivity contribution in [1.82, 2.24) is 0 Å². The van der Waals surface area contributed by atoms with Gasteiger partial charge in [0.2, 0.25) is 0 Å². The number of ether oxygens (including phenoxy) is 1. The number of nitrogens with one attached hydrogen (secondary N) is 1. The molecule has 0 saturated heterocycles. The Bertz CT molecular complexity index is 923. The van der Waals surface area contributed by atoms with Crippen molar-refractivity contribution >= 4 is 17.3 Å². The lowest BCUT2D eigenvalue weighted by Gasteiger charge is -2.30. The molecule has 1 N–H and O–H groups in total. The van der Waals surface area contributed by atoms with Gasteiger partial charge < -0.3 is 15.0 Å². The molecule has 27 heavy (non-hydrogen) atoms. The van der Waals surface area contributed by atoms with E-state index in [0.717, 1.165) is 35.7 Å². The molecule has 1 aliphatic rings. The summed E-state index contributed by atoms with van der Waals surface area (Å²) >= 11 is 0. The number of fused-ring (bicyclic) bond motifs is 1. The molecule has 0 spiro atoms. The number of hydrogen-bond donors (Lipinski definition) is 1. The molecule has 0 saturated carbocycles. The molecule has 0 aliphatic carbocycles. The Kier molecular flexibility index (Phi) is 4.79. The molecule has 4 nitrogen and oxygen atoms in total. The van der Waals surface area contributed by atoms with Gasteiger partial charge in [-0.25, -0.2) is 0 Å². The van der Waals surface area contributed by atoms with Gasteiger partial charge in [0.15, 0.2) is 0 Å². The Balaban J connectivity index is 1.65. The number of nitrogens with zero attached hydrogens (tertiary/aromatic N) is 1. The molecular weight excluding hydrogens is 336 g/mol. The number of carbonyl (C=O) groups is 1. The van der Waals surface area contributed by atoms with Crippen LogP contribution in [0.1, 0.15) is 17.2 Å². The molecule has 1 atom stereocenters. The van der Waals surface area contributed by atoms with Crippen molar-refractivity contribution < 1.29 is 9.53 Å². The maximum absolute atomic E-state index is 13.3. The third kappa shape index (κ3) is 3.51. The molecule has 3 aromatic carbocycles. The van der Waals surface area contributed by atoms with Crippen LogP contribution < -0.4 is 15.0 Å². The van der Waals surface area contributed by atoms with Crippen molar-refractivity contribution in [3.8, 4) is 5.75 Å². The zero-order valence-corrected chi connectivity index (χ0v) is 15.3. The fourth-order valence-corrected chi connectivity index (χ4v) is 3.63. The molecule has 0 fully saturated rings. The average Bonchev–Trinajstić information content (AvgIpc) is 3.13. The quantitative estimate of drug-likeness (QED) is 0.733. The van der Waals surface area contributed by atoms with E-state index in [1.165, 1.54) is 5.56 Å². The first-order valence-electron chi connectivity index (χ1n) is 9.10. The van der Waals surface area contributed by atoms with Crippen molar-refractivity contribution in [1.29, 1.82) is 0 Å². The topological polar surface area (TPSA) is 41.6 Å². The number of benzene rings is 3. The van der Waals surface area contributed by atoms with Gasteiger partial charge in [-0.15, -0.1) is 0 Å². The fourth-order valence-electron chi connectivity index (χ4n) is 3.63. The van der Waals surface area contributed by atoms with E-state index in [0.29, 0.717) is 0 Å². The number of anilines is 2. The van der Waals surface area contributed by atoms with Crippen LogP contribution in [0.3, 0.4) is 0 Å². The highest BCUT2D eigenvalue weighted by Crippen LogP contribution is 2.35. The summed E-state index contributed by atoms with van der Waals surface area (Å²) in [6, 6.07) is 25.3. The van der Waals surface area contributed by atoms with Gasteiger partial charge in [-0.2, -0.15) is 0 Å². The smallest absolute Gasteiger partial charge is 0.251 e. The predicted octanol–water partition coefficient (Wildman–Crippen LogP) is 4.44. The first-order chi connectivity index (χ1) is 13.3. The summed E-state index contributed by atoms with van der Waals surface area (Å²) in [6.45, 7) is 0.828. The monoisotopic (exact) mass is 358 g/mol. The standard InChI is InChI=1S/C23H22N2O2/c1-27-20-13-11-19(12-14-20)24-23(26)22(18-8-3-2-4-9-18)25-16-15-17-7-5-6-10-21(17)25/h2-14,22H,15-16H2,1H3,(H,24,26)/t22-/m0/s1. The van der Waals surface area contributed by atoms with Crippen LogP contribution in [0.25, 0.3) is 0 Å². The SMILES string of the molecule is COc1ccc(NC(=O)[C@H](c2ccccc2)N2CCc3ccccc32)cc1. The molecule has 4 heteroatoms. The minimum atomic E-state index is -0.378. The third-order valence-corrected chi connectivity index (χ3v) is 4.96. The molecule has 1 heterocycles. The zero-order chi connectivity index (χ0) is 18.6. The molecule has 136 valence electrons. The van der Waals surface area contributed by atoms with E-state index < -0.39 is 0 Å². The second-order valence-electron chi connectivity index (χ2n) is 6.60. The predicted molar refractivity (Wildman–Crippen MR) is 108 cm³/mol. The van der Waals surface area contributed by atoms with Crippen LogP contribution in [0.5, 0.6) is 5.75 Å². The first-order valence-corrected chi connectivity index (χ1v) is 9.10. The van der Waals surface area contributed by atoms with E-state index >= 15 is 0 Å². The second-order valence-corrected chi connectivity index (χ2v) is 6.60. The molecule has 0 unspecified atom stereocenters. The molecule has 1 aliphatic heterocycles. The minimum absolute atomic E-state index is 0.0388. The summed E-state index contributed by atoms with van der Waals surface area (Å²) in [4.78, 5) is 15.5. The Morgan fingerprint density at radius 2 is 1.67 bits per heavy atom. The molecule has 0 aromatic heterocycles. The maximum Gasteiger partial charge on any atom is 0.251 e. The Labute approximate surface area is 159 Å². The van der Waals surface area contributed by atoms with Gasteiger partial charge in [0.05, 0.1) is 7.11 Å². The summed E-state index contributed by atoms with van der Waals surface area (Å²) in [6.07, 6.45) is 0.954. The van der Waals surface area contributed by atoms with Crippen molar-refractivity contribution in [2.75, 3.05) is 23.9 Å². The van der Waals surface area contributed by atoms with E-state index in [2.05, 4.69) is 28.4 Å². The highest BCUT2D eigenvalue weighted by Gasteiger charge is 2.32. The van der Waals surface area contributed by atoms with Crippen LogP contribution in [0.15, 0.2) is 78.9 Å². The van der Waals surface area contributed by atoms with E-state index in [4.69, 9.17) is 4.74 Å². The summed E-state index contributed by atoms with van der Waals surface area (Å²) in [5.74, 6) is 0.726. The van der Waals surface area contributed by atoms with E-state index in [1.807, 2.05) is 60.7 Å². The normalized spacial score (nSPS) is 13.7. The average molecular weight is 358 g/mol. The number of methoxy groups -OCH3 is 1. The van der Waals surface area contributed by atoms with Gasteiger partial charge in [-0.1, -0.05) is 48.5 Å². The molecular formula is C23H22N2O2. The van der Waals surface area contributed by atoms with Crippen molar-refractivity contribution in [3.63, 3.8) is 0 Å². The number of para-hydroxylation sites is 1. The van der Waals surface area contributed by atoms with Crippen molar-refractivity contribution in [2.45, 2.75) is 12.5 Å². The number of rotatable bonds is 5. The Morgan fingerprint density at radius 3 is 2.41 bits per heavy atom. The summed E-state index contributed by atoms with van der Waals surface area (Å²) in [5, 5.41) is 3.06. The lowest BCUT2D eigenvalue weighted by Crippen LogP contribution is -2.36. The highest BCUT2D eigenvalue weighted by molar-refractivity contribution is 5.98. The van der Waals surface area contributed by atoms with Gasteiger partial charge >= 0.3 is 0 Å². The lowest BCUT2D eigenvalue weighted by atomic mass is 10.0. The number of carbonyl (C=O) groups excluding carboxylic acids is 1. The van der Waals surface area contributed by atoms with Gasteiger partial charge in [-0.3, -0.25) is 4.79 Å². The Hall–Kier alpha value is -3.27. The van der Waals surface area contributed by atoms with Crippen LogP contribution in [0, 0.1) is 0 Å². The van der Waals surface area contributed by atoms with Gasteiger partial charge in [-0.05, 0) is 47.9 Å². The minimum Gasteiger partial charge on any atom is -0.497 e. The van der Waals surface area contributed by atoms with Crippen LogP contribution in [0.2, 0.25) is 0 Å². The summed E-state index contributed by atoms with van der Waals surface area (Å²) < 4.78 is 5.19. The van der Waals surface area contributed by atoms with Crippen molar-refractivity contribution in [3.05, 3.63) is 90.0 Å². The van der Waals surface area contributed by atoms with E-state index in [9.17, 15) is 4.79 Å². The van der Waals surface area contributed by atoms with Gasteiger partial charge in [0.25, 0.3) is 5.91 Å². The van der Waals surface area contributed by atoms with E-state index in [-0.39, 0.29) is 11.9 Å². The fraction of sp³-hybridized carbons (Fsp3) is 0.174. The second kappa shape index (κ2) is 7.54. The maximum atomic E-state index is 13.3. The lowest BCUT2D eigenvalue weighted by molar-refractivity contribution is -0.117. The van der Waals surface area contributed by atoms with Crippen LogP contribution in [-0.2, 0) is 11.2 Å². The molecule has 0 radical (unpaired) electrons. The van der Waals surface area contributed by atoms with Gasteiger partial charge in [0.1, 0.15) is 11.8 Å². The zero-order valence-electron chi connectivity index (χ0n) is 15.3. The molecule has 1 amide bonds. The third-order valence-electron chi connectivity index (χ3n) is 4.96. The first kappa shape index (κ1) is 17.2.